The number of ether oxygens (including phenoxy) is 1. The number of amides is 1. The van der Waals surface area contributed by atoms with E-state index in [2.05, 4.69) is 33.2 Å². The van der Waals surface area contributed by atoms with E-state index >= 15 is 0 Å². The minimum Gasteiger partial charge on any atom is -0.483 e. The SMILES string of the molecule is CCc1ccc(OCC(=O)Nc2nc3c(F)cccc3s2)c(Br)c1. The van der Waals surface area contributed by atoms with Crippen LogP contribution < -0.4 is 10.1 Å². The average molecular weight is 409 g/mol. The lowest BCUT2D eigenvalue weighted by Gasteiger charge is -2.08. The first-order valence-electron chi connectivity index (χ1n) is 7.33. The number of hydrogen-bond donors (Lipinski definition) is 1. The first-order chi connectivity index (χ1) is 11.6. The molecule has 124 valence electrons. The molecule has 0 radical (unpaired) electrons. The van der Waals surface area contributed by atoms with Crippen LogP contribution in [0.3, 0.4) is 0 Å². The molecule has 3 aromatic rings. The third-order valence-corrected chi connectivity index (χ3v) is 4.94. The number of nitrogens with one attached hydrogen (secondary N) is 1. The number of hydrogen-bond acceptors (Lipinski definition) is 4. The summed E-state index contributed by atoms with van der Waals surface area (Å²) in [6, 6.07) is 10.5. The van der Waals surface area contributed by atoms with Gasteiger partial charge in [0.15, 0.2) is 11.7 Å². The van der Waals surface area contributed by atoms with Crippen molar-refractivity contribution in [3.8, 4) is 5.75 Å². The molecular weight excluding hydrogens is 395 g/mol. The highest BCUT2D eigenvalue weighted by Gasteiger charge is 2.11. The van der Waals surface area contributed by atoms with Crippen LogP contribution in [0.15, 0.2) is 40.9 Å². The molecule has 0 bridgehead atoms. The fourth-order valence-corrected chi connectivity index (χ4v) is 3.59. The number of benzene rings is 2. The number of aryl methyl sites for hydroxylation is 1. The molecule has 0 saturated heterocycles. The monoisotopic (exact) mass is 408 g/mol. The van der Waals surface area contributed by atoms with Gasteiger partial charge in [-0.3, -0.25) is 10.1 Å². The molecule has 24 heavy (non-hydrogen) atoms. The van der Waals surface area contributed by atoms with Crippen molar-refractivity contribution in [2.24, 2.45) is 0 Å². The van der Waals surface area contributed by atoms with Gasteiger partial charge >= 0.3 is 0 Å². The van der Waals surface area contributed by atoms with Crippen LogP contribution in [-0.2, 0) is 11.2 Å². The molecule has 0 unspecified atom stereocenters. The lowest BCUT2D eigenvalue weighted by molar-refractivity contribution is -0.118. The van der Waals surface area contributed by atoms with E-state index in [1.54, 1.807) is 12.1 Å². The molecule has 1 aromatic heterocycles. The highest BCUT2D eigenvalue weighted by molar-refractivity contribution is 9.10. The van der Waals surface area contributed by atoms with E-state index < -0.39 is 5.82 Å². The van der Waals surface area contributed by atoms with Gasteiger partial charge in [-0.05, 0) is 52.2 Å². The van der Waals surface area contributed by atoms with E-state index in [9.17, 15) is 9.18 Å². The van der Waals surface area contributed by atoms with Gasteiger partial charge in [0.2, 0.25) is 0 Å². The summed E-state index contributed by atoms with van der Waals surface area (Å²) in [5, 5.41) is 2.98. The Balaban J connectivity index is 1.64. The minimum absolute atomic E-state index is 0.150. The number of halogens is 2. The Morgan fingerprint density at radius 1 is 1.38 bits per heavy atom. The fraction of sp³-hybridized carbons (Fsp3) is 0.176. The highest BCUT2D eigenvalue weighted by atomic mass is 79.9. The smallest absolute Gasteiger partial charge is 0.264 e. The number of aromatic nitrogens is 1. The maximum Gasteiger partial charge on any atom is 0.264 e. The van der Waals surface area contributed by atoms with Crippen molar-refractivity contribution in [1.29, 1.82) is 0 Å². The minimum atomic E-state index is -0.402. The van der Waals surface area contributed by atoms with Crippen LogP contribution in [0.1, 0.15) is 12.5 Å². The van der Waals surface area contributed by atoms with E-state index in [0.717, 1.165) is 10.9 Å². The lowest BCUT2D eigenvalue weighted by Crippen LogP contribution is -2.20. The molecule has 0 aliphatic carbocycles. The first-order valence-corrected chi connectivity index (χ1v) is 8.94. The number of anilines is 1. The normalized spacial score (nSPS) is 10.8. The van der Waals surface area contributed by atoms with Crippen molar-refractivity contribution in [2.75, 3.05) is 11.9 Å². The molecule has 0 aliphatic heterocycles. The van der Waals surface area contributed by atoms with Crippen molar-refractivity contribution in [3.63, 3.8) is 0 Å². The second-order valence-electron chi connectivity index (χ2n) is 5.06. The van der Waals surface area contributed by atoms with Crippen molar-refractivity contribution < 1.29 is 13.9 Å². The number of carbonyl (C=O) groups is 1. The van der Waals surface area contributed by atoms with Crippen LogP contribution in [0.5, 0.6) is 5.75 Å². The Bertz CT molecular complexity index is 897. The van der Waals surface area contributed by atoms with Crippen molar-refractivity contribution >= 4 is 48.5 Å². The molecule has 4 nitrogen and oxygen atoms in total. The van der Waals surface area contributed by atoms with Gasteiger partial charge in [-0.15, -0.1) is 0 Å². The molecule has 3 rings (SSSR count). The largest absolute Gasteiger partial charge is 0.483 e. The number of carbonyl (C=O) groups excluding carboxylic acids is 1. The molecule has 7 heteroatoms. The first kappa shape index (κ1) is 16.9. The van der Waals surface area contributed by atoms with E-state index in [4.69, 9.17) is 4.74 Å². The van der Waals surface area contributed by atoms with Crippen LogP contribution in [0.2, 0.25) is 0 Å². The summed E-state index contributed by atoms with van der Waals surface area (Å²) < 4.78 is 20.6. The molecule has 2 aromatic carbocycles. The summed E-state index contributed by atoms with van der Waals surface area (Å²) in [4.78, 5) is 16.1. The third kappa shape index (κ3) is 3.73. The molecule has 1 N–H and O–H groups in total. The van der Waals surface area contributed by atoms with Crippen molar-refractivity contribution in [2.45, 2.75) is 13.3 Å². The molecular formula is C17H14BrFN2O2S. The molecule has 0 fully saturated rings. The van der Waals surface area contributed by atoms with Gasteiger partial charge in [-0.25, -0.2) is 9.37 Å². The third-order valence-electron chi connectivity index (χ3n) is 3.38. The molecule has 0 saturated carbocycles. The zero-order valence-electron chi connectivity index (χ0n) is 12.8. The summed E-state index contributed by atoms with van der Waals surface area (Å²) in [7, 11) is 0. The summed E-state index contributed by atoms with van der Waals surface area (Å²) in [6.07, 6.45) is 0.924. The average Bonchev–Trinajstić information content (AvgIpc) is 2.97. The zero-order chi connectivity index (χ0) is 17.1. The van der Waals surface area contributed by atoms with E-state index in [1.807, 2.05) is 18.2 Å². The number of nitrogens with zero attached hydrogens (tertiary/aromatic N) is 1. The van der Waals surface area contributed by atoms with Crippen LogP contribution >= 0.6 is 27.3 Å². The molecule has 1 amide bonds. The van der Waals surface area contributed by atoms with Gasteiger partial charge in [-0.1, -0.05) is 30.4 Å². The van der Waals surface area contributed by atoms with E-state index in [-0.39, 0.29) is 18.0 Å². The number of thiazole rings is 1. The maximum absolute atomic E-state index is 13.6. The van der Waals surface area contributed by atoms with Gasteiger partial charge in [0, 0.05) is 0 Å². The number of para-hydroxylation sites is 1. The second-order valence-corrected chi connectivity index (χ2v) is 6.95. The predicted octanol–water partition coefficient (Wildman–Crippen LogP) is 4.78. The Kier molecular flexibility index (Phi) is 5.11. The van der Waals surface area contributed by atoms with Gasteiger partial charge in [-0.2, -0.15) is 0 Å². The van der Waals surface area contributed by atoms with Gasteiger partial charge in [0.1, 0.15) is 17.1 Å². The Morgan fingerprint density at radius 3 is 2.92 bits per heavy atom. The molecule has 0 spiro atoms. The van der Waals surface area contributed by atoms with Crippen molar-refractivity contribution in [3.05, 3.63) is 52.3 Å². The van der Waals surface area contributed by atoms with Crippen LogP contribution in [-0.4, -0.2) is 17.5 Å². The maximum atomic E-state index is 13.6. The van der Waals surface area contributed by atoms with Gasteiger partial charge in [0.25, 0.3) is 5.91 Å². The number of rotatable bonds is 5. The molecule has 0 aliphatic rings. The van der Waals surface area contributed by atoms with E-state index in [1.165, 1.54) is 23.0 Å². The van der Waals surface area contributed by atoms with Crippen LogP contribution in [0, 0.1) is 5.82 Å². The van der Waals surface area contributed by atoms with Crippen molar-refractivity contribution in [1.82, 2.24) is 4.98 Å². The quantitative estimate of drug-likeness (QED) is 0.660. The Labute approximate surface area is 150 Å². The second kappa shape index (κ2) is 7.27. The molecule has 1 heterocycles. The van der Waals surface area contributed by atoms with Gasteiger partial charge in [0.05, 0.1) is 9.17 Å². The Morgan fingerprint density at radius 2 is 2.21 bits per heavy atom. The predicted molar refractivity (Wildman–Crippen MR) is 97.2 cm³/mol. The topological polar surface area (TPSA) is 51.2 Å². The van der Waals surface area contributed by atoms with Crippen LogP contribution in [0.25, 0.3) is 10.2 Å². The summed E-state index contributed by atoms with van der Waals surface area (Å²) in [6.45, 7) is 1.92. The standard InChI is InChI=1S/C17H14BrFN2O2S/c1-2-10-6-7-13(11(18)8-10)23-9-15(22)20-17-21-16-12(19)4-3-5-14(16)24-17/h3-8H,2,9H2,1H3,(H,20,21,22). The highest BCUT2D eigenvalue weighted by Crippen LogP contribution is 2.28. The summed E-state index contributed by atoms with van der Waals surface area (Å²) >= 11 is 4.65. The van der Waals surface area contributed by atoms with Gasteiger partial charge < -0.3 is 4.74 Å². The fourth-order valence-electron chi connectivity index (χ4n) is 2.15. The van der Waals surface area contributed by atoms with E-state index in [0.29, 0.717) is 15.6 Å². The number of fused-ring (bicyclic) bond motifs is 1. The lowest BCUT2D eigenvalue weighted by atomic mass is 10.2. The Hall–Kier alpha value is -1.99. The molecule has 0 atom stereocenters. The zero-order valence-corrected chi connectivity index (χ0v) is 15.2. The van der Waals surface area contributed by atoms with Crippen LogP contribution in [0.4, 0.5) is 9.52 Å². The summed E-state index contributed by atoms with van der Waals surface area (Å²) in [5.74, 6) is -0.154. The summed E-state index contributed by atoms with van der Waals surface area (Å²) in [5.41, 5.74) is 1.44.